The van der Waals surface area contributed by atoms with Gasteiger partial charge in [0.05, 0.1) is 11.0 Å². The van der Waals surface area contributed by atoms with Gasteiger partial charge in [-0.15, -0.1) is 0 Å². The topological polar surface area (TPSA) is 8.17 Å². The van der Waals surface area contributed by atoms with Gasteiger partial charge in [0.2, 0.25) is 0 Å². The second kappa shape index (κ2) is 13.2. The third-order valence-corrected chi connectivity index (χ3v) is 11.3. The predicted octanol–water partition coefficient (Wildman–Crippen LogP) is 15.0. The van der Waals surface area contributed by atoms with Gasteiger partial charge in [-0.25, -0.2) is 0 Å². The number of aromatic nitrogens is 1. The predicted molar refractivity (Wildman–Crippen MR) is 239 cm³/mol. The highest BCUT2D eigenvalue weighted by Gasteiger charge is 2.18. The van der Waals surface area contributed by atoms with Gasteiger partial charge in [-0.2, -0.15) is 0 Å². The van der Waals surface area contributed by atoms with Gasteiger partial charge in [-0.1, -0.05) is 158 Å². The molecule has 2 heteroatoms. The summed E-state index contributed by atoms with van der Waals surface area (Å²) in [6.45, 7) is 0. The van der Waals surface area contributed by atoms with E-state index in [-0.39, 0.29) is 0 Å². The van der Waals surface area contributed by atoms with E-state index in [0.29, 0.717) is 0 Å². The molecule has 10 aromatic carbocycles. The molecule has 0 N–H and O–H groups in total. The Balaban J connectivity index is 1.10. The van der Waals surface area contributed by atoms with Crippen LogP contribution in [-0.2, 0) is 0 Å². The molecule has 0 saturated carbocycles. The van der Waals surface area contributed by atoms with Crippen LogP contribution in [0.25, 0.3) is 82.1 Å². The summed E-state index contributed by atoms with van der Waals surface area (Å²) in [4.78, 5) is 2.41. The largest absolute Gasteiger partial charge is 0.310 e. The van der Waals surface area contributed by atoms with Crippen molar-refractivity contribution in [1.29, 1.82) is 0 Å². The molecule has 0 spiro atoms. The molecule has 11 rings (SSSR count). The van der Waals surface area contributed by atoms with E-state index in [9.17, 15) is 0 Å². The molecule has 11 aromatic rings. The number of rotatable bonds is 6. The Labute approximate surface area is 325 Å². The molecule has 0 bridgehead atoms. The molecule has 1 aromatic heterocycles. The fourth-order valence-electron chi connectivity index (χ4n) is 8.78. The third-order valence-electron chi connectivity index (χ3n) is 11.3. The molecule has 0 aliphatic carbocycles. The van der Waals surface area contributed by atoms with Gasteiger partial charge >= 0.3 is 0 Å². The Morgan fingerprint density at radius 3 is 1.55 bits per heavy atom. The molecule has 0 radical (unpaired) electrons. The Morgan fingerprint density at radius 2 is 0.821 bits per heavy atom. The first-order valence-corrected chi connectivity index (χ1v) is 19.3. The number of hydrogen-bond acceptors (Lipinski definition) is 1. The standard InChI is InChI=1S/C54H36N2/c1-2-13-37(14-3-1)47-23-11-16-40-17-12-24-48(54(40)47)41-18-10-19-44(35-41)55(45-30-29-39-28-27-38-15-4-5-20-46(38)51(39)36-45)42-31-33-43(34-32-42)56-52-25-8-6-21-49(52)50-22-7-9-26-53(50)56/h1-36H. The Morgan fingerprint density at radius 1 is 0.304 bits per heavy atom. The maximum absolute atomic E-state index is 2.41. The molecule has 2 nitrogen and oxygen atoms in total. The molecule has 0 aliphatic heterocycles. The van der Waals surface area contributed by atoms with E-state index < -0.39 is 0 Å². The van der Waals surface area contributed by atoms with Gasteiger partial charge in [0.1, 0.15) is 0 Å². The monoisotopic (exact) mass is 712 g/mol. The molecule has 0 aliphatic rings. The Hall–Kier alpha value is -7.42. The van der Waals surface area contributed by atoms with E-state index in [0.717, 1.165) is 22.7 Å². The number of para-hydroxylation sites is 2. The molecule has 56 heavy (non-hydrogen) atoms. The zero-order valence-corrected chi connectivity index (χ0v) is 30.7. The van der Waals surface area contributed by atoms with Crippen molar-refractivity contribution < 1.29 is 0 Å². The smallest absolute Gasteiger partial charge is 0.0541 e. The molecule has 0 amide bonds. The van der Waals surface area contributed by atoms with Crippen LogP contribution in [0, 0.1) is 0 Å². The van der Waals surface area contributed by atoms with Crippen molar-refractivity contribution in [3.8, 4) is 27.9 Å². The first-order valence-electron chi connectivity index (χ1n) is 19.3. The van der Waals surface area contributed by atoms with Gasteiger partial charge in [-0.3, -0.25) is 0 Å². The molecule has 0 atom stereocenters. The van der Waals surface area contributed by atoms with Crippen molar-refractivity contribution in [1.82, 2.24) is 4.57 Å². The van der Waals surface area contributed by atoms with E-state index in [1.807, 2.05) is 0 Å². The van der Waals surface area contributed by atoms with Crippen LogP contribution in [0.2, 0.25) is 0 Å². The van der Waals surface area contributed by atoms with E-state index in [2.05, 4.69) is 228 Å². The maximum atomic E-state index is 2.41. The van der Waals surface area contributed by atoms with Crippen LogP contribution in [0.4, 0.5) is 17.1 Å². The molecule has 262 valence electrons. The van der Waals surface area contributed by atoms with Gasteiger partial charge in [0.15, 0.2) is 0 Å². The number of anilines is 3. The van der Waals surface area contributed by atoms with Crippen molar-refractivity contribution in [3.05, 3.63) is 218 Å². The summed E-state index contributed by atoms with van der Waals surface area (Å²) in [5, 5.41) is 9.98. The summed E-state index contributed by atoms with van der Waals surface area (Å²) in [6.07, 6.45) is 0. The van der Waals surface area contributed by atoms with Crippen molar-refractivity contribution in [2.75, 3.05) is 4.90 Å². The van der Waals surface area contributed by atoms with Crippen LogP contribution in [0.15, 0.2) is 218 Å². The van der Waals surface area contributed by atoms with Gasteiger partial charge < -0.3 is 9.47 Å². The lowest BCUT2D eigenvalue weighted by Crippen LogP contribution is -2.10. The highest BCUT2D eigenvalue weighted by molar-refractivity contribution is 6.11. The van der Waals surface area contributed by atoms with Crippen molar-refractivity contribution in [2.24, 2.45) is 0 Å². The average Bonchev–Trinajstić information content (AvgIpc) is 3.61. The number of hydrogen-bond donors (Lipinski definition) is 0. The minimum absolute atomic E-state index is 1.09. The van der Waals surface area contributed by atoms with E-state index in [4.69, 9.17) is 0 Å². The fraction of sp³-hybridized carbons (Fsp3) is 0. The zero-order chi connectivity index (χ0) is 37.0. The summed E-state index contributed by atoms with van der Waals surface area (Å²) >= 11 is 0. The Bertz CT molecular complexity index is 3190. The minimum atomic E-state index is 1.09. The fourth-order valence-corrected chi connectivity index (χ4v) is 8.78. The van der Waals surface area contributed by atoms with E-state index in [1.54, 1.807) is 0 Å². The second-order valence-corrected chi connectivity index (χ2v) is 14.5. The molecular formula is C54H36N2. The van der Waals surface area contributed by atoms with Crippen molar-refractivity contribution >= 4 is 71.2 Å². The van der Waals surface area contributed by atoms with Crippen LogP contribution >= 0.6 is 0 Å². The number of nitrogens with zero attached hydrogens (tertiary/aromatic N) is 2. The van der Waals surface area contributed by atoms with Gasteiger partial charge in [0.25, 0.3) is 0 Å². The van der Waals surface area contributed by atoms with Crippen LogP contribution < -0.4 is 4.90 Å². The number of benzene rings is 10. The normalized spacial score (nSPS) is 11.6. The Kier molecular flexibility index (Phi) is 7.53. The summed E-state index contributed by atoms with van der Waals surface area (Å²) < 4.78 is 2.38. The minimum Gasteiger partial charge on any atom is -0.310 e. The first-order chi connectivity index (χ1) is 27.8. The highest BCUT2D eigenvalue weighted by atomic mass is 15.1. The molecule has 0 unspecified atom stereocenters. The summed E-state index contributed by atoms with van der Waals surface area (Å²) in [5.74, 6) is 0. The quantitative estimate of drug-likeness (QED) is 0.156. The van der Waals surface area contributed by atoms with Crippen LogP contribution in [0.1, 0.15) is 0 Å². The van der Waals surface area contributed by atoms with Crippen molar-refractivity contribution in [3.63, 3.8) is 0 Å². The second-order valence-electron chi connectivity index (χ2n) is 14.5. The SMILES string of the molecule is c1ccc(-c2cccc3cccc(-c4cccc(N(c5ccc(-n6c7ccccc7c7ccccc76)cc5)c5ccc6ccc7ccccc7c6c5)c4)c23)cc1. The molecular weight excluding hydrogens is 677 g/mol. The average molecular weight is 713 g/mol. The highest BCUT2D eigenvalue weighted by Crippen LogP contribution is 2.42. The summed E-state index contributed by atoms with van der Waals surface area (Å²) in [6, 6.07) is 79.5. The molecule has 1 heterocycles. The van der Waals surface area contributed by atoms with Gasteiger partial charge in [0, 0.05) is 33.5 Å². The lowest BCUT2D eigenvalue weighted by atomic mass is 9.91. The number of fused-ring (bicyclic) bond motifs is 7. The lowest BCUT2D eigenvalue weighted by molar-refractivity contribution is 1.17. The molecule has 0 fully saturated rings. The van der Waals surface area contributed by atoms with E-state index in [1.165, 1.54) is 76.4 Å². The van der Waals surface area contributed by atoms with Crippen molar-refractivity contribution in [2.45, 2.75) is 0 Å². The van der Waals surface area contributed by atoms with Crippen LogP contribution in [0.3, 0.4) is 0 Å². The van der Waals surface area contributed by atoms with E-state index >= 15 is 0 Å². The molecule has 0 saturated heterocycles. The van der Waals surface area contributed by atoms with Crippen LogP contribution in [0.5, 0.6) is 0 Å². The first kappa shape index (κ1) is 32.0. The van der Waals surface area contributed by atoms with Crippen LogP contribution in [-0.4, -0.2) is 4.57 Å². The lowest BCUT2D eigenvalue weighted by Gasteiger charge is -2.27. The zero-order valence-electron chi connectivity index (χ0n) is 30.7. The van der Waals surface area contributed by atoms with Gasteiger partial charge in [-0.05, 0) is 115 Å². The summed E-state index contributed by atoms with van der Waals surface area (Å²) in [7, 11) is 0. The third kappa shape index (κ3) is 5.26. The maximum Gasteiger partial charge on any atom is 0.0541 e. The summed E-state index contributed by atoms with van der Waals surface area (Å²) in [5.41, 5.74) is 11.7.